The number of fused-ring (bicyclic) bond motifs is 2. The summed E-state index contributed by atoms with van der Waals surface area (Å²) in [5.41, 5.74) is 8.42. The molecule has 0 saturated carbocycles. The minimum atomic E-state index is -1.20. The van der Waals surface area contributed by atoms with E-state index in [0.717, 1.165) is 21.6 Å². The number of aromatic amines is 1. The Morgan fingerprint density at radius 3 is 3.03 bits per heavy atom. The molecule has 13 heteroatoms. The quantitative estimate of drug-likeness (QED) is 0.240. The number of carbonyl (C=O) groups excluding carboxylic acids is 2. The Morgan fingerprint density at radius 1 is 1.37 bits per heavy atom. The van der Waals surface area contributed by atoms with Gasteiger partial charge in [0.05, 0.1) is 28.0 Å². The molecule has 0 aliphatic carbocycles. The van der Waals surface area contributed by atoms with Crippen molar-refractivity contribution in [1.82, 2.24) is 30.2 Å². The summed E-state index contributed by atoms with van der Waals surface area (Å²) in [6, 6.07) is 5.03. The van der Waals surface area contributed by atoms with Crippen LogP contribution in [0.2, 0.25) is 5.02 Å². The highest BCUT2D eigenvalue weighted by atomic mass is 35.5. The molecule has 11 nitrogen and oxygen atoms in total. The molecule has 196 valence electrons. The van der Waals surface area contributed by atoms with Crippen LogP contribution >= 0.6 is 23.4 Å². The molecule has 6 heterocycles. The van der Waals surface area contributed by atoms with Gasteiger partial charge in [0.15, 0.2) is 5.16 Å². The lowest BCUT2D eigenvalue weighted by molar-refractivity contribution is -0.142. The van der Waals surface area contributed by atoms with E-state index in [9.17, 15) is 9.59 Å². The lowest BCUT2D eigenvalue weighted by Crippen LogP contribution is -2.58. The van der Waals surface area contributed by atoms with Crippen LogP contribution in [0.3, 0.4) is 0 Å². The van der Waals surface area contributed by atoms with E-state index in [4.69, 9.17) is 32.0 Å². The van der Waals surface area contributed by atoms with Crippen molar-refractivity contribution in [3.8, 4) is 0 Å². The van der Waals surface area contributed by atoms with Crippen molar-refractivity contribution >= 4 is 63.1 Å². The topological polar surface area (TPSA) is 152 Å². The molecule has 2 fully saturated rings. The molecule has 2 aliphatic rings. The van der Waals surface area contributed by atoms with Crippen LogP contribution in [0.4, 0.5) is 5.82 Å². The Morgan fingerprint density at radius 2 is 2.24 bits per heavy atom. The number of anilines is 1. The number of nitrogens with one attached hydrogen (secondary N) is 2. The Kier molecular flexibility index (Phi) is 6.33. The van der Waals surface area contributed by atoms with Crippen LogP contribution in [0.5, 0.6) is 0 Å². The second kappa shape index (κ2) is 9.68. The number of halogens is 1. The van der Waals surface area contributed by atoms with Crippen molar-refractivity contribution in [2.45, 2.75) is 47.8 Å². The number of cyclic esters (lactones) is 1. The first-order valence-corrected chi connectivity index (χ1v) is 13.5. The third-order valence-corrected chi connectivity index (χ3v) is 8.15. The first-order chi connectivity index (χ1) is 18.3. The Labute approximate surface area is 226 Å². The lowest BCUT2D eigenvalue weighted by Gasteiger charge is -2.25. The maximum absolute atomic E-state index is 13.1. The number of ether oxygens (including phenoxy) is 1. The van der Waals surface area contributed by atoms with Crippen molar-refractivity contribution in [2.24, 2.45) is 5.73 Å². The number of nitrogens with zero attached hydrogens (tertiary/aromatic N) is 5. The Balaban J connectivity index is 1.33. The van der Waals surface area contributed by atoms with Crippen molar-refractivity contribution in [3.63, 3.8) is 0 Å². The minimum absolute atomic E-state index is 0.210. The highest BCUT2D eigenvalue weighted by Crippen LogP contribution is 2.38. The van der Waals surface area contributed by atoms with Gasteiger partial charge >= 0.3 is 5.97 Å². The van der Waals surface area contributed by atoms with Gasteiger partial charge in [-0.25, -0.2) is 14.8 Å². The van der Waals surface area contributed by atoms with Crippen LogP contribution in [-0.2, 0) is 20.7 Å². The SMILES string of the molecule is CCc1[nH]c2nc(Sc3cnc4cccnc4c3)nc(N3CCC(N)(C(=O)NC4CCOC4=O)C3)c2c1Cl. The van der Waals surface area contributed by atoms with Gasteiger partial charge in [-0.05, 0) is 42.8 Å². The van der Waals surface area contributed by atoms with Crippen LogP contribution in [0, 0.1) is 0 Å². The zero-order valence-electron chi connectivity index (χ0n) is 20.5. The number of esters is 1. The summed E-state index contributed by atoms with van der Waals surface area (Å²) in [4.78, 5) is 49.5. The maximum atomic E-state index is 13.1. The molecule has 38 heavy (non-hydrogen) atoms. The van der Waals surface area contributed by atoms with Gasteiger partial charge in [0.25, 0.3) is 0 Å². The summed E-state index contributed by atoms with van der Waals surface area (Å²) in [6.07, 6.45) is 5.01. The minimum Gasteiger partial charge on any atom is -0.464 e. The van der Waals surface area contributed by atoms with E-state index in [0.29, 0.717) is 59.4 Å². The Bertz CT molecular complexity index is 1580. The van der Waals surface area contributed by atoms with Gasteiger partial charge in [-0.1, -0.05) is 18.5 Å². The summed E-state index contributed by atoms with van der Waals surface area (Å²) in [5, 5.41) is 4.50. The van der Waals surface area contributed by atoms with E-state index in [1.807, 2.05) is 30.0 Å². The van der Waals surface area contributed by atoms with Crippen LogP contribution in [0.1, 0.15) is 25.5 Å². The van der Waals surface area contributed by atoms with Crippen LogP contribution in [0.25, 0.3) is 22.1 Å². The van der Waals surface area contributed by atoms with E-state index in [2.05, 4.69) is 20.3 Å². The van der Waals surface area contributed by atoms with Crippen LogP contribution in [-0.4, -0.2) is 68.1 Å². The maximum Gasteiger partial charge on any atom is 0.328 e. The average molecular weight is 553 g/mol. The van der Waals surface area contributed by atoms with Gasteiger partial charge in [0.1, 0.15) is 23.0 Å². The number of aryl methyl sites for hydroxylation is 1. The fraction of sp³-hybridized carbons (Fsp3) is 0.360. The standard InChI is InChI=1S/C25H25ClN8O3S/c1-2-14-19(26)18-20(30-14)32-24(38-13-10-17-15(29-11-13)4-3-7-28-17)33-21(18)34-8-6-25(27,12-34)23(36)31-16-5-9-37-22(16)35/h3-4,7,10-11,16H,2,5-6,8-9,12,27H2,1H3,(H,31,36)(H,30,32,33). The van der Waals surface area contributed by atoms with E-state index < -0.39 is 17.6 Å². The van der Waals surface area contributed by atoms with Crippen molar-refractivity contribution in [1.29, 1.82) is 0 Å². The van der Waals surface area contributed by atoms with E-state index >= 15 is 0 Å². The van der Waals surface area contributed by atoms with E-state index in [-0.39, 0.29) is 12.5 Å². The molecule has 2 aliphatic heterocycles. The number of hydrogen-bond acceptors (Lipinski definition) is 10. The zero-order chi connectivity index (χ0) is 26.4. The lowest BCUT2D eigenvalue weighted by atomic mass is 9.98. The summed E-state index contributed by atoms with van der Waals surface area (Å²) in [5.74, 6) is -0.209. The van der Waals surface area contributed by atoms with Crippen LogP contribution < -0.4 is 16.0 Å². The molecule has 4 aromatic heterocycles. The first-order valence-electron chi connectivity index (χ1n) is 12.3. The second-order valence-corrected chi connectivity index (χ2v) is 10.9. The van der Waals surface area contributed by atoms with Crippen molar-refractivity contribution in [3.05, 3.63) is 41.3 Å². The number of rotatable bonds is 6. The third-order valence-electron chi connectivity index (χ3n) is 6.91. The molecular weight excluding hydrogens is 528 g/mol. The number of carbonyl (C=O) groups is 2. The molecule has 2 atom stereocenters. The smallest absolute Gasteiger partial charge is 0.328 e. The van der Waals surface area contributed by atoms with E-state index in [1.165, 1.54) is 11.8 Å². The predicted octanol–water partition coefficient (Wildman–Crippen LogP) is 2.61. The molecule has 4 aromatic rings. The molecular formula is C25H25ClN8O3S. The molecule has 6 rings (SSSR count). The number of H-pyrrole nitrogens is 1. The summed E-state index contributed by atoms with van der Waals surface area (Å²) >= 11 is 8.12. The number of nitrogens with two attached hydrogens (primary N) is 1. The van der Waals surface area contributed by atoms with Gasteiger partial charge in [-0.2, -0.15) is 0 Å². The van der Waals surface area contributed by atoms with E-state index in [1.54, 1.807) is 12.4 Å². The number of pyridine rings is 2. The van der Waals surface area contributed by atoms with Gasteiger partial charge in [0, 0.05) is 42.5 Å². The normalized spacial score (nSPS) is 21.4. The molecule has 0 bridgehead atoms. The summed E-state index contributed by atoms with van der Waals surface area (Å²) in [6.45, 7) is 2.99. The largest absolute Gasteiger partial charge is 0.464 e. The number of aromatic nitrogens is 5. The second-order valence-electron chi connectivity index (χ2n) is 9.45. The third kappa shape index (κ3) is 4.42. The molecule has 2 unspecified atom stereocenters. The summed E-state index contributed by atoms with van der Waals surface area (Å²) < 4.78 is 4.96. The number of amides is 1. The van der Waals surface area contributed by atoms with Crippen molar-refractivity contribution < 1.29 is 14.3 Å². The van der Waals surface area contributed by atoms with Gasteiger partial charge in [-0.3, -0.25) is 14.8 Å². The molecule has 4 N–H and O–H groups in total. The van der Waals surface area contributed by atoms with Crippen molar-refractivity contribution in [2.75, 3.05) is 24.6 Å². The monoisotopic (exact) mass is 552 g/mol. The highest BCUT2D eigenvalue weighted by molar-refractivity contribution is 7.99. The highest BCUT2D eigenvalue weighted by Gasteiger charge is 2.44. The average Bonchev–Trinajstić information content (AvgIpc) is 3.61. The first kappa shape index (κ1) is 24.8. The van der Waals surface area contributed by atoms with Gasteiger partial charge in [0.2, 0.25) is 5.91 Å². The molecule has 0 aromatic carbocycles. The van der Waals surface area contributed by atoms with Crippen LogP contribution in [0.15, 0.2) is 40.6 Å². The molecule has 2 saturated heterocycles. The fourth-order valence-corrected chi connectivity index (χ4v) is 5.92. The Hall–Kier alpha value is -3.48. The zero-order valence-corrected chi connectivity index (χ0v) is 22.1. The summed E-state index contributed by atoms with van der Waals surface area (Å²) in [7, 11) is 0. The predicted molar refractivity (Wildman–Crippen MR) is 143 cm³/mol. The fourth-order valence-electron chi connectivity index (χ4n) is 4.81. The number of hydrogen-bond donors (Lipinski definition) is 3. The van der Waals surface area contributed by atoms with Gasteiger partial charge in [-0.15, -0.1) is 0 Å². The molecule has 1 amide bonds. The van der Waals surface area contributed by atoms with Gasteiger partial charge < -0.3 is 25.7 Å². The molecule has 0 spiro atoms. The molecule has 0 radical (unpaired) electrons.